The SMILES string of the molecule is O=C(/C=C/c1cccnc1)N1CCCC1c1nc2ccccc2s1. The number of para-hydroxylation sites is 1. The molecular weight excluding hydrogens is 318 g/mol. The number of carbonyl (C=O) groups excluding carboxylic acids is 1. The molecule has 0 N–H and O–H groups in total. The van der Waals surface area contributed by atoms with E-state index in [-0.39, 0.29) is 11.9 Å². The highest BCUT2D eigenvalue weighted by Crippen LogP contribution is 2.36. The Hall–Kier alpha value is -2.53. The van der Waals surface area contributed by atoms with Gasteiger partial charge in [0.05, 0.1) is 16.3 Å². The summed E-state index contributed by atoms with van der Waals surface area (Å²) in [6.45, 7) is 0.788. The van der Waals surface area contributed by atoms with Crippen LogP contribution in [0.25, 0.3) is 16.3 Å². The molecule has 24 heavy (non-hydrogen) atoms. The molecule has 4 nitrogen and oxygen atoms in total. The normalized spacial score (nSPS) is 17.8. The highest BCUT2D eigenvalue weighted by molar-refractivity contribution is 7.18. The second kappa shape index (κ2) is 6.53. The average Bonchev–Trinajstić information content (AvgIpc) is 3.26. The summed E-state index contributed by atoms with van der Waals surface area (Å²) in [5.41, 5.74) is 1.95. The standard InChI is InChI=1S/C19H17N3OS/c23-18(10-9-14-5-3-11-20-13-14)22-12-4-7-16(22)19-21-15-6-1-2-8-17(15)24-19/h1-3,5-6,8-11,13,16H,4,7,12H2/b10-9+. The van der Waals surface area contributed by atoms with Crippen molar-refractivity contribution in [3.05, 3.63) is 65.4 Å². The number of pyridine rings is 1. The smallest absolute Gasteiger partial charge is 0.247 e. The van der Waals surface area contributed by atoms with Crippen molar-refractivity contribution in [1.29, 1.82) is 0 Å². The fraction of sp³-hybridized carbons (Fsp3) is 0.211. The first-order valence-corrected chi connectivity index (χ1v) is 8.87. The molecule has 1 aliphatic rings. The molecule has 4 rings (SSSR count). The van der Waals surface area contributed by atoms with E-state index in [0.29, 0.717) is 0 Å². The van der Waals surface area contributed by atoms with Gasteiger partial charge in [0.1, 0.15) is 5.01 Å². The number of hydrogen-bond acceptors (Lipinski definition) is 4. The Balaban J connectivity index is 1.56. The summed E-state index contributed by atoms with van der Waals surface area (Å²) in [6, 6.07) is 12.0. The molecule has 120 valence electrons. The largest absolute Gasteiger partial charge is 0.330 e. The molecule has 0 saturated carbocycles. The first-order chi connectivity index (χ1) is 11.8. The molecular formula is C19H17N3OS. The summed E-state index contributed by atoms with van der Waals surface area (Å²) in [5.74, 6) is 0.0422. The zero-order valence-corrected chi connectivity index (χ0v) is 13.9. The highest BCUT2D eigenvalue weighted by Gasteiger charge is 2.31. The fourth-order valence-corrected chi connectivity index (χ4v) is 4.17. The fourth-order valence-electron chi connectivity index (χ4n) is 3.06. The number of thiazole rings is 1. The summed E-state index contributed by atoms with van der Waals surface area (Å²) in [4.78, 5) is 23.3. The van der Waals surface area contributed by atoms with E-state index < -0.39 is 0 Å². The lowest BCUT2D eigenvalue weighted by Gasteiger charge is -2.21. The molecule has 0 bridgehead atoms. The van der Waals surface area contributed by atoms with Crippen LogP contribution in [0, 0.1) is 0 Å². The Morgan fingerprint density at radius 1 is 1.25 bits per heavy atom. The van der Waals surface area contributed by atoms with Crippen molar-refractivity contribution in [2.45, 2.75) is 18.9 Å². The van der Waals surface area contributed by atoms with E-state index in [1.807, 2.05) is 41.3 Å². The van der Waals surface area contributed by atoms with Crippen LogP contribution in [0.5, 0.6) is 0 Å². The van der Waals surface area contributed by atoms with Crippen molar-refractivity contribution < 1.29 is 4.79 Å². The molecule has 3 heterocycles. The van der Waals surface area contributed by atoms with E-state index in [2.05, 4.69) is 11.1 Å². The quantitative estimate of drug-likeness (QED) is 0.678. The van der Waals surface area contributed by atoms with Gasteiger partial charge in [-0.15, -0.1) is 11.3 Å². The van der Waals surface area contributed by atoms with E-state index in [1.165, 1.54) is 4.70 Å². The lowest BCUT2D eigenvalue weighted by atomic mass is 10.2. The Kier molecular flexibility index (Phi) is 4.09. The number of fused-ring (bicyclic) bond motifs is 1. The second-order valence-corrected chi connectivity index (χ2v) is 6.89. The molecule has 1 atom stereocenters. The van der Waals surface area contributed by atoms with Gasteiger partial charge in [0.25, 0.3) is 0 Å². The van der Waals surface area contributed by atoms with Crippen molar-refractivity contribution >= 4 is 33.5 Å². The van der Waals surface area contributed by atoms with Crippen LogP contribution in [-0.2, 0) is 4.79 Å². The van der Waals surface area contributed by atoms with Gasteiger partial charge in [0, 0.05) is 25.0 Å². The molecule has 3 aromatic rings. The van der Waals surface area contributed by atoms with Crippen LogP contribution in [0.1, 0.15) is 29.5 Å². The van der Waals surface area contributed by atoms with E-state index in [4.69, 9.17) is 4.98 Å². The van der Waals surface area contributed by atoms with Gasteiger partial charge in [-0.1, -0.05) is 18.2 Å². The lowest BCUT2D eigenvalue weighted by Crippen LogP contribution is -2.28. The molecule has 1 aliphatic heterocycles. The third-order valence-electron chi connectivity index (χ3n) is 4.23. The van der Waals surface area contributed by atoms with E-state index >= 15 is 0 Å². The third kappa shape index (κ3) is 2.95. The first-order valence-electron chi connectivity index (χ1n) is 8.05. The minimum Gasteiger partial charge on any atom is -0.330 e. The molecule has 1 unspecified atom stereocenters. The Labute approximate surface area is 144 Å². The number of aromatic nitrogens is 2. The molecule has 1 amide bonds. The second-order valence-electron chi connectivity index (χ2n) is 5.83. The summed E-state index contributed by atoms with van der Waals surface area (Å²) in [6.07, 6.45) is 8.94. The number of rotatable bonds is 3. The molecule has 1 saturated heterocycles. The summed E-state index contributed by atoms with van der Waals surface area (Å²) in [5, 5.41) is 1.04. The lowest BCUT2D eigenvalue weighted by molar-refractivity contribution is -0.126. The number of benzene rings is 1. The number of amides is 1. The van der Waals surface area contributed by atoms with Crippen LogP contribution in [0.15, 0.2) is 54.9 Å². The van der Waals surface area contributed by atoms with Gasteiger partial charge in [0.2, 0.25) is 5.91 Å². The van der Waals surface area contributed by atoms with Crippen LogP contribution >= 0.6 is 11.3 Å². The topological polar surface area (TPSA) is 46.1 Å². The van der Waals surface area contributed by atoms with Crippen LogP contribution in [0.3, 0.4) is 0 Å². The predicted octanol–water partition coefficient (Wildman–Crippen LogP) is 4.07. The average molecular weight is 335 g/mol. The number of hydrogen-bond donors (Lipinski definition) is 0. The Morgan fingerprint density at radius 3 is 3.00 bits per heavy atom. The summed E-state index contributed by atoms with van der Waals surface area (Å²) >= 11 is 1.69. The molecule has 1 aromatic carbocycles. The highest BCUT2D eigenvalue weighted by atomic mass is 32.1. The van der Waals surface area contributed by atoms with E-state index in [0.717, 1.165) is 35.5 Å². The van der Waals surface area contributed by atoms with E-state index in [1.54, 1.807) is 29.8 Å². The minimum absolute atomic E-state index is 0.0422. The van der Waals surface area contributed by atoms with Crippen LogP contribution < -0.4 is 0 Å². The van der Waals surface area contributed by atoms with Gasteiger partial charge in [0.15, 0.2) is 0 Å². The molecule has 1 fully saturated rings. The maximum Gasteiger partial charge on any atom is 0.247 e. The number of carbonyl (C=O) groups is 1. The van der Waals surface area contributed by atoms with Gasteiger partial charge in [-0.25, -0.2) is 4.98 Å². The van der Waals surface area contributed by atoms with Crippen LogP contribution in [0.2, 0.25) is 0 Å². The third-order valence-corrected chi connectivity index (χ3v) is 5.37. The number of likely N-dealkylation sites (tertiary alicyclic amines) is 1. The number of nitrogens with zero attached hydrogens (tertiary/aromatic N) is 3. The zero-order valence-electron chi connectivity index (χ0n) is 13.1. The van der Waals surface area contributed by atoms with Gasteiger partial charge in [-0.05, 0) is 42.7 Å². The van der Waals surface area contributed by atoms with E-state index in [9.17, 15) is 4.79 Å². The Bertz CT molecular complexity index is 855. The first kappa shape index (κ1) is 15.0. The summed E-state index contributed by atoms with van der Waals surface area (Å²) < 4.78 is 1.18. The summed E-state index contributed by atoms with van der Waals surface area (Å²) in [7, 11) is 0. The van der Waals surface area contributed by atoms with Crippen molar-refractivity contribution in [2.24, 2.45) is 0 Å². The molecule has 5 heteroatoms. The maximum atomic E-state index is 12.6. The molecule has 2 aromatic heterocycles. The maximum absolute atomic E-state index is 12.6. The molecule has 0 radical (unpaired) electrons. The van der Waals surface area contributed by atoms with Crippen molar-refractivity contribution in [1.82, 2.24) is 14.9 Å². The van der Waals surface area contributed by atoms with Crippen LogP contribution in [0.4, 0.5) is 0 Å². The van der Waals surface area contributed by atoms with Crippen molar-refractivity contribution in [3.8, 4) is 0 Å². The van der Waals surface area contributed by atoms with Crippen LogP contribution in [-0.4, -0.2) is 27.3 Å². The van der Waals surface area contributed by atoms with Gasteiger partial charge in [-0.3, -0.25) is 9.78 Å². The Morgan fingerprint density at radius 2 is 2.17 bits per heavy atom. The monoisotopic (exact) mass is 335 g/mol. The van der Waals surface area contributed by atoms with Crippen molar-refractivity contribution in [2.75, 3.05) is 6.54 Å². The van der Waals surface area contributed by atoms with Gasteiger partial charge >= 0.3 is 0 Å². The van der Waals surface area contributed by atoms with Gasteiger partial charge < -0.3 is 4.90 Å². The predicted molar refractivity (Wildman–Crippen MR) is 96.6 cm³/mol. The molecule has 0 spiro atoms. The molecule has 0 aliphatic carbocycles. The van der Waals surface area contributed by atoms with Gasteiger partial charge in [-0.2, -0.15) is 0 Å². The zero-order chi connectivity index (χ0) is 16.4. The minimum atomic E-state index is 0.0422. The van der Waals surface area contributed by atoms with Crippen molar-refractivity contribution in [3.63, 3.8) is 0 Å².